The molecule has 110 valence electrons. The zero-order valence-electron chi connectivity index (χ0n) is 12.2. The zero-order chi connectivity index (χ0) is 14.7. The Balaban J connectivity index is 1.88. The van der Waals surface area contributed by atoms with Crippen LogP contribution in [0.1, 0.15) is 24.5 Å². The molecule has 4 nitrogen and oxygen atoms in total. The van der Waals surface area contributed by atoms with Gasteiger partial charge < -0.3 is 14.6 Å². The van der Waals surface area contributed by atoms with Crippen molar-refractivity contribution < 1.29 is 8.83 Å². The van der Waals surface area contributed by atoms with E-state index in [1.807, 2.05) is 30.3 Å². The minimum atomic E-state index is 0.0486. The Bertz CT molecular complexity index is 655. The van der Waals surface area contributed by atoms with Crippen LogP contribution in [0.2, 0.25) is 0 Å². The average Bonchev–Trinajstić information content (AvgIpc) is 3.15. The van der Waals surface area contributed by atoms with E-state index >= 15 is 0 Å². The highest BCUT2D eigenvalue weighted by molar-refractivity contribution is 5.77. The van der Waals surface area contributed by atoms with Crippen molar-refractivity contribution in [3.05, 3.63) is 60.2 Å². The van der Waals surface area contributed by atoms with Crippen LogP contribution >= 0.6 is 0 Å². The van der Waals surface area contributed by atoms with Gasteiger partial charge in [0.25, 0.3) is 0 Å². The second kappa shape index (κ2) is 6.16. The summed E-state index contributed by atoms with van der Waals surface area (Å²) in [4.78, 5) is 2.26. The van der Waals surface area contributed by atoms with Crippen LogP contribution < -0.4 is 5.73 Å². The van der Waals surface area contributed by atoms with Gasteiger partial charge in [-0.25, -0.2) is 0 Å². The van der Waals surface area contributed by atoms with Crippen LogP contribution in [0.4, 0.5) is 0 Å². The smallest absolute Gasteiger partial charge is 0.134 e. The molecule has 1 aromatic carbocycles. The first-order valence-electron chi connectivity index (χ1n) is 7.26. The van der Waals surface area contributed by atoms with Crippen LogP contribution in [0.5, 0.6) is 0 Å². The Morgan fingerprint density at radius 2 is 2.05 bits per heavy atom. The Hall–Kier alpha value is -2.04. The predicted molar refractivity (Wildman–Crippen MR) is 82.8 cm³/mol. The molecule has 2 heterocycles. The number of nitrogens with two attached hydrogens (primary N) is 1. The minimum Gasteiger partial charge on any atom is -0.468 e. The van der Waals surface area contributed by atoms with Crippen molar-refractivity contribution in [1.29, 1.82) is 0 Å². The van der Waals surface area contributed by atoms with E-state index in [2.05, 4.69) is 24.0 Å². The van der Waals surface area contributed by atoms with Crippen molar-refractivity contribution in [3.8, 4) is 0 Å². The second-order valence-corrected chi connectivity index (χ2v) is 5.08. The van der Waals surface area contributed by atoms with Gasteiger partial charge in [0.2, 0.25) is 0 Å². The largest absolute Gasteiger partial charge is 0.468 e. The molecule has 2 aromatic heterocycles. The van der Waals surface area contributed by atoms with Gasteiger partial charge in [-0.1, -0.05) is 25.1 Å². The van der Waals surface area contributed by atoms with Gasteiger partial charge in [-0.15, -0.1) is 0 Å². The molecule has 4 heteroatoms. The van der Waals surface area contributed by atoms with E-state index in [1.54, 1.807) is 6.26 Å². The Morgan fingerprint density at radius 1 is 1.19 bits per heavy atom. The Labute approximate surface area is 124 Å². The maximum Gasteiger partial charge on any atom is 0.134 e. The Kier molecular flexibility index (Phi) is 4.08. The maximum absolute atomic E-state index is 6.00. The Morgan fingerprint density at radius 3 is 2.71 bits per heavy atom. The first-order valence-corrected chi connectivity index (χ1v) is 7.26. The SMILES string of the molecule is CCN(Cc1ccco1)C(CN)c1cc2ccccc2o1. The van der Waals surface area contributed by atoms with Crippen molar-refractivity contribution in [2.75, 3.05) is 13.1 Å². The third kappa shape index (κ3) is 2.86. The van der Waals surface area contributed by atoms with Crippen molar-refractivity contribution in [2.45, 2.75) is 19.5 Å². The fourth-order valence-electron chi connectivity index (χ4n) is 2.66. The summed E-state index contributed by atoms with van der Waals surface area (Å²) in [5.41, 5.74) is 6.90. The molecule has 1 atom stereocenters. The molecule has 0 bridgehead atoms. The molecule has 3 rings (SSSR count). The number of benzene rings is 1. The monoisotopic (exact) mass is 284 g/mol. The van der Waals surface area contributed by atoms with E-state index in [0.717, 1.165) is 35.6 Å². The third-order valence-corrected chi connectivity index (χ3v) is 3.78. The number of para-hydroxylation sites is 1. The van der Waals surface area contributed by atoms with Gasteiger partial charge in [-0.05, 0) is 30.8 Å². The zero-order valence-corrected chi connectivity index (χ0v) is 12.2. The molecule has 3 aromatic rings. The van der Waals surface area contributed by atoms with Crippen molar-refractivity contribution in [2.24, 2.45) is 5.73 Å². The molecule has 0 aliphatic carbocycles. The molecule has 0 aliphatic heterocycles. The van der Waals surface area contributed by atoms with Gasteiger partial charge in [0.05, 0.1) is 18.8 Å². The fraction of sp³-hybridized carbons (Fsp3) is 0.294. The number of nitrogens with zero attached hydrogens (tertiary/aromatic N) is 1. The molecule has 2 N–H and O–H groups in total. The summed E-state index contributed by atoms with van der Waals surface area (Å²) >= 11 is 0. The number of hydrogen-bond acceptors (Lipinski definition) is 4. The van der Waals surface area contributed by atoms with Crippen LogP contribution in [0.15, 0.2) is 57.6 Å². The van der Waals surface area contributed by atoms with Gasteiger partial charge in [-0.3, -0.25) is 4.90 Å². The van der Waals surface area contributed by atoms with E-state index in [1.165, 1.54) is 0 Å². The number of furan rings is 2. The summed E-state index contributed by atoms with van der Waals surface area (Å²) in [6.45, 7) is 4.23. The van der Waals surface area contributed by atoms with Crippen molar-refractivity contribution in [3.63, 3.8) is 0 Å². The summed E-state index contributed by atoms with van der Waals surface area (Å²) in [6.07, 6.45) is 1.70. The first kappa shape index (κ1) is 13.9. The van der Waals surface area contributed by atoms with Gasteiger partial charge in [0.1, 0.15) is 17.1 Å². The van der Waals surface area contributed by atoms with Gasteiger partial charge >= 0.3 is 0 Å². The lowest BCUT2D eigenvalue weighted by Crippen LogP contribution is -2.32. The van der Waals surface area contributed by atoms with E-state index in [-0.39, 0.29) is 6.04 Å². The van der Waals surface area contributed by atoms with Crippen LogP contribution in [-0.4, -0.2) is 18.0 Å². The molecular formula is C17H20N2O2. The van der Waals surface area contributed by atoms with E-state index in [9.17, 15) is 0 Å². The molecule has 0 saturated heterocycles. The lowest BCUT2D eigenvalue weighted by atomic mass is 10.1. The highest BCUT2D eigenvalue weighted by Gasteiger charge is 2.22. The normalized spacial score (nSPS) is 13.1. The molecular weight excluding hydrogens is 264 g/mol. The summed E-state index contributed by atoms with van der Waals surface area (Å²) in [7, 11) is 0. The van der Waals surface area contributed by atoms with Crippen molar-refractivity contribution >= 4 is 11.0 Å². The van der Waals surface area contributed by atoms with Gasteiger partial charge in [-0.2, -0.15) is 0 Å². The standard InChI is InChI=1S/C17H20N2O2/c1-2-19(12-14-7-5-9-20-14)15(11-18)17-10-13-6-3-4-8-16(13)21-17/h3-10,15H,2,11-12,18H2,1H3. The summed E-state index contributed by atoms with van der Waals surface area (Å²) in [5, 5.41) is 1.11. The quantitative estimate of drug-likeness (QED) is 0.752. The van der Waals surface area contributed by atoms with E-state index in [0.29, 0.717) is 6.54 Å². The van der Waals surface area contributed by atoms with Crippen LogP contribution in [-0.2, 0) is 6.54 Å². The molecule has 0 spiro atoms. The van der Waals surface area contributed by atoms with E-state index < -0.39 is 0 Å². The van der Waals surface area contributed by atoms with Crippen LogP contribution in [0, 0.1) is 0 Å². The van der Waals surface area contributed by atoms with Crippen LogP contribution in [0.3, 0.4) is 0 Å². The molecule has 0 radical (unpaired) electrons. The van der Waals surface area contributed by atoms with Gasteiger partial charge in [0.15, 0.2) is 0 Å². The topological polar surface area (TPSA) is 55.5 Å². The fourth-order valence-corrected chi connectivity index (χ4v) is 2.66. The number of rotatable bonds is 6. The van der Waals surface area contributed by atoms with E-state index in [4.69, 9.17) is 14.6 Å². The average molecular weight is 284 g/mol. The van der Waals surface area contributed by atoms with Crippen LogP contribution in [0.25, 0.3) is 11.0 Å². The molecule has 0 fully saturated rings. The number of hydrogen-bond donors (Lipinski definition) is 1. The predicted octanol–water partition coefficient (Wildman–Crippen LogP) is 3.55. The van der Waals surface area contributed by atoms with Crippen molar-refractivity contribution in [1.82, 2.24) is 4.90 Å². The number of likely N-dealkylation sites (N-methyl/N-ethyl adjacent to an activating group) is 1. The number of fused-ring (bicyclic) bond motifs is 1. The lowest BCUT2D eigenvalue weighted by molar-refractivity contribution is 0.169. The molecule has 1 unspecified atom stereocenters. The van der Waals surface area contributed by atoms with Gasteiger partial charge in [0, 0.05) is 11.9 Å². The first-order chi connectivity index (χ1) is 10.3. The summed E-state index contributed by atoms with van der Waals surface area (Å²) in [6, 6.07) is 14.0. The summed E-state index contributed by atoms with van der Waals surface area (Å²) < 4.78 is 11.4. The molecule has 0 amide bonds. The highest BCUT2D eigenvalue weighted by Crippen LogP contribution is 2.28. The second-order valence-electron chi connectivity index (χ2n) is 5.08. The molecule has 0 saturated carbocycles. The minimum absolute atomic E-state index is 0.0486. The summed E-state index contributed by atoms with van der Waals surface area (Å²) in [5.74, 6) is 1.85. The lowest BCUT2D eigenvalue weighted by Gasteiger charge is -2.27. The molecule has 0 aliphatic rings. The maximum atomic E-state index is 6.00. The molecule has 21 heavy (non-hydrogen) atoms. The highest BCUT2D eigenvalue weighted by atomic mass is 16.3. The third-order valence-electron chi connectivity index (χ3n) is 3.78.